The summed E-state index contributed by atoms with van der Waals surface area (Å²) in [6.07, 6.45) is -0.437. The first-order valence-corrected chi connectivity index (χ1v) is 6.25. The molecule has 0 aliphatic heterocycles. The second kappa shape index (κ2) is 5.42. The van der Waals surface area contributed by atoms with E-state index in [9.17, 15) is 4.79 Å². The zero-order chi connectivity index (χ0) is 13.9. The van der Waals surface area contributed by atoms with Crippen LogP contribution in [0.2, 0.25) is 0 Å². The number of carbonyl (C=O) groups excluding carboxylic acids is 1. The molecule has 0 aliphatic rings. The summed E-state index contributed by atoms with van der Waals surface area (Å²) in [4.78, 5) is 11.2. The molecule has 0 radical (unpaired) electrons. The van der Waals surface area contributed by atoms with E-state index >= 15 is 0 Å². The van der Waals surface area contributed by atoms with Crippen molar-refractivity contribution < 1.29 is 9.53 Å². The molecule has 0 saturated heterocycles. The maximum Gasteiger partial charge on any atom is 0.411 e. The summed E-state index contributed by atoms with van der Waals surface area (Å²) in [7, 11) is 1.36. The largest absolute Gasteiger partial charge is 0.453 e. The van der Waals surface area contributed by atoms with E-state index < -0.39 is 6.09 Å². The van der Waals surface area contributed by atoms with Crippen LogP contribution >= 0.6 is 0 Å². The van der Waals surface area contributed by atoms with Gasteiger partial charge in [-0.25, -0.2) is 4.79 Å². The van der Waals surface area contributed by atoms with Crippen LogP contribution in [-0.2, 0) is 10.2 Å². The van der Waals surface area contributed by atoms with Crippen LogP contribution in [0.5, 0.6) is 0 Å². The number of benzene rings is 1. The number of hydrogen-bond donors (Lipinski definition) is 1. The van der Waals surface area contributed by atoms with Crippen LogP contribution in [-0.4, -0.2) is 13.2 Å². The molecule has 0 fully saturated rings. The fourth-order valence-corrected chi connectivity index (χ4v) is 1.97. The van der Waals surface area contributed by atoms with E-state index in [2.05, 4.69) is 50.7 Å². The molecule has 0 unspecified atom stereocenters. The standard InChI is InChI=1S/C15H23NO2/c1-10(2)12-9-11(16-14(17)18-6)7-8-13(12)15(3,4)5/h7-10H,1-6H3,(H,16,17). The van der Waals surface area contributed by atoms with Gasteiger partial charge in [0.25, 0.3) is 0 Å². The van der Waals surface area contributed by atoms with Crippen molar-refractivity contribution in [1.29, 1.82) is 0 Å². The number of ether oxygens (including phenoxy) is 1. The van der Waals surface area contributed by atoms with Crippen molar-refractivity contribution in [2.45, 2.75) is 46.0 Å². The third kappa shape index (κ3) is 3.49. The van der Waals surface area contributed by atoms with Gasteiger partial charge >= 0.3 is 6.09 Å². The average molecular weight is 249 g/mol. The molecule has 1 rings (SSSR count). The molecule has 1 N–H and O–H groups in total. The highest BCUT2D eigenvalue weighted by molar-refractivity contribution is 5.84. The second-order valence-electron chi connectivity index (χ2n) is 5.82. The lowest BCUT2D eigenvalue weighted by atomic mass is 9.80. The minimum Gasteiger partial charge on any atom is -0.453 e. The predicted octanol–water partition coefficient (Wildman–Crippen LogP) is 4.29. The van der Waals surface area contributed by atoms with Gasteiger partial charge < -0.3 is 4.74 Å². The first-order chi connectivity index (χ1) is 8.25. The van der Waals surface area contributed by atoms with Gasteiger partial charge in [0.15, 0.2) is 0 Å². The molecule has 18 heavy (non-hydrogen) atoms. The fraction of sp³-hybridized carbons (Fsp3) is 0.533. The maximum absolute atomic E-state index is 11.2. The molecular weight excluding hydrogens is 226 g/mol. The first kappa shape index (κ1) is 14.6. The van der Waals surface area contributed by atoms with Gasteiger partial charge in [0.2, 0.25) is 0 Å². The summed E-state index contributed by atoms with van der Waals surface area (Å²) in [6.45, 7) is 10.9. The summed E-state index contributed by atoms with van der Waals surface area (Å²) in [5, 5.41) is 2.70. The van der Waals surface area contributed by atoms with Crippen LogP contribution in [0, 0.1) is 0 Å². The van der Waals surface area contributed by atoms with Crippen molar-refractivity contribution in [2.75, 3.05) is 12.4 Å². The smallest absolute Gasteiger partial charge is 0.411 e. The van der Waals surface area contributed by atoms with Crippen molar-refractivity contribution in [1.82, 2.24) is 0 Å². The molecular formula is C15H23NO2. The molecule has 0 heterocycles. The van der Waals surface area contributed by atoms with E-state index in [4.69, 9.17) is 0 Å². The Labute approximate surface area is 110 Å². The Balaban J connectivity index is 3.16. The molecule has 3 nitrogen and oxygen atoms in total. The second-order valence-corrected chi connectivity index (χ2v) is 5.82. The van der Waals surface area contributed by atoms with Crippen molar-refractivity contribution in [2.24, 2.45) is 0 Å². The number of anilines is 1. The third-order valence-electron chi connectivity index (χ3n) is 2.91. The Bertz CT molecular complexity index is 431. The van der Waals surface area contributed by atoms with Crippen molar-refractivity contribution >= 4 is 11.8 Å². The van der Waals surface area contributed by atoms with Crippen LogP contribution in [0.15, 0.2) is 18.2 Å². The average Bonchev–Trinajstić information content (AvgIpc) is 2.27. The Morgan fingerprint density at radius 1 is 1.28 bits per heavy atom. The van der Waals surface area contributed by atoms with Crippen molar-refractivity contribution in [3.63, 3.8) is 0 Å². The fourth-order valence-electron chi connectivity index (χ4n) is 1.97. The van der Waals surface area contributed by atoms with Gasteiger partial charge in [-0.3, -0.25) is 5.32 Å². The van der Waals surface area contributed by atoms with E-state index in [1.54, 1.807) is 0 Å². The Morgan fingerprint density at radius 3 is 2.33 bits per heavy atom. The molecule has 0 saturated carbocycles. The van der Waals surface area contributed by atoms with Gasteiger partial charge in [0, 0.05) is 5.69 Å². The number of methoxy groups -OCH3 is 1. The highest BCUT2D eigenvalue weighted by atomic mass is 16.5. The lowest BCUT2D eigenvalue weighted by Crippen LogP contribution is -2.16. The van der Waals surface area contributed by atoms with E-state index in [-0.39, 0.29) is 5.41 Å². The Kier molecular flexibility index (Phi) is 4.38. The monoisotopic (exact) mass is 249 g/mol. The molecule has 1 amide bonds. The molecule has 0 aliphatic carbocycles. The predicted molar refractivity (Wildman–Crippen MR) is 75.3 cm³/mol. The highest BCUT2D eigenvalue weighted by Crippen LogP contribution is 2.32. The van der Waals surface area contributed by atoms with Crippen LogP contribution in [0.1, 0.15) is 51.7 Å². The van der Waals surface area contributed by atoms with Gasteiger partial charge in [0.1, 0.15) is 0 Å². The summed E-state index contributed by atoms with van der Waals surface area (Å²) in [6, 6.07) is 6.03. The number of nitrogens with one attached hydrogen (secondary N) is 1. The van der Waals surface area contributed by atoms with Crippen LogP contribution in [0.4, 0.5) is 10.5 Å². The number of amides is 1. The van der Waals surface area contributed by atoms with Crippen molar-refractivity contribution in [3.8, 4) is 0 Å². The van der Waals surface area contributed by atoms with Crippen LogP contribution < -0.4 is 5.32 Å². The van der Waals surface area contributed by atoms with Gasteiger partial charge in [-0.2, -0.15) is 0 Å². The summed E-state index contributed by atoms with van der Waals surface area (Å²) in [5.41, 5.74) is 3.45. The molecule has 3 heteroatoms. The highest BCUT2D eigenvalue weighted by Gasteiger charge is 2.19. The molecule has 0 aromatic heterocycles. The lowest BCUT2D eigenvalue weighted by molar-refractivity contribution is 0.187. The van der Waals surface area contributed by atoms with Gasteiger partial charge in [-0.15, -0.1) is 0 Å². The number of carbonyl (C=O) groups is 1. The molecule has 0 atom stereocenters. The summed E-state index contributed by atoms with van der Waals surface area (Å²) >= 11 is 0. The molecule has 0 spiro atoms. The molecule has 1 aromatic rings. The topological polar surface area (TPSA) is 38.3 Å². The molecule has 100 valence electrons. The minimum atomic E-state index is -0.437. The lowest BCUT2D eigenvalue weighted by Gasteiger charge is -2.25. The van der Waals surface area contributed by atoms with Gasteiger partial charge in [0.05, 0.1) is 7.11 Å². The molecule has 1 aromatic carbocycles. The van der Waals surface area contributed by atoms with Crippen molar-refractivity contribution in [3.05, 3.63) is 29.3 Å². The van der Waals surface area contributed by atoms with E-state index in [1.165, 1.54) is 18.2 Å². The van der Waals surface area contributed by atoms with Crippen LogP contribution in [0.3, 0.4) is 0 Å². The molecule has 0 bridgehead atoms. The Hall–Kier alpha value is -1.51. The summed E-state index contributed by atoms with van der Waals surface area (Å²) in [5.74, 6) is 0.415. The third-order valence-corrected chi connectivity index (χ3v) is 2.91. The minimum absolute atomic E-state index is 0.101. The van der Waals surface area contributed by atoms with Gasteiger partial charge in [-0.1, -0.05) is 40.7 Å². The Morgan fingerprint density at radius 2 is 1.89 bits per heavy atom. The van der Waals surface area contributed by atoms with E-state index in [0.717, 1.165) is 5.69 Å². The SMILES string of the molecule is COC(=O)Nc1ccc(C(C)(C)C)c(C(C)C)c1. The first-order valence-electron chi connectivity index (χ1n) is 6.25. The van der Waals surface area contributed by atoms with E-state index in [1.807, 2.05) is 12.1 Å². The maximum atomic E-state index is 11.2. The zero-order valence-corrected chi connectivity index (χ0v) is 12.1. The quantitative estimate of drug-likeness (QED) is 0.849. The van der Waals surface area contributed by atoms with E-state index in [0.29, 0.717) is 5.92 Å². The number of rotatable bonds is 2. The summed E-state index contributed by atoms with van der Waals surface area (Å²) < 4.78 is 4.60. The van der Waals surface area contributed by atoms with Gasteiger partial charge in [-0.05, 0) is 34.6 Å². The normalized spacial score (nSPS) is 11.5. The number of hydrogen-bond acceptors (Lipinski definition) is 2. The van der Waals surface area contributed by atoms with Crippen LogP contribution in [0.25, 0.3) is 0 Å². The zero-order valence-electron chi connectivity index (χ0n) is 12.1.